The minimum absolute atomic E-state index is 0. The lowest BCUT2D eigenvalue weighted by Gasteiger charge is -2.36. The third-order valence-electron chi connectivity index (χ3n) is 4.13. The number of nitrogens with zero attached hydrogens (tertiary/aromatic N) is 2. The second kappa shape index (κ2) is 8.83. The summed E-state index contributed by atoms with van der Waals surface area (Å²) in [6.45, 7) is 6.97. The fraction of sp³-hybridized carbons (Fsp3) is 0.562. The zero-order chi connectivity index (χ0) is 16.3. The van der Waals surface area contributed by atoms with E-state index in [9.17, 15) is 9.18 Å². The molecule has 4 nitrogen and oxygen atoms in total. The average molecular weight is 364 g/mol. The molecule has 1 aromatic carbocycles. The van der Waals surface area contributed by atoms with Crippen LogP contribution in [0.2, 0.25) is 5.02 Å². The molecule has 7 heteroatoms. The van der Waals surface area contributed by atoms with E-state index in [2.05, 4.69) is 4.90 Å². The van der Waals surface area contributed by atoms with Crippen LogP contribution in [0.15, 0.2) is 18.2 Å². The first kappa shape index (κ1) is 20.2. The first-order chi connectivity index (χ1) is 10.4. The Morgan fingerprint density at radius 2 is 1.91 bits per heavy atom. The lowest BCUT2D eigenvalue weighted by molar-refractivity contribution is -0.135. The monoisotopic (exact) mass is 363 g/mol. The van der Waals surface area contributed by atoms with Crippen LogP contribution in [0.5, 0.6) is 0 Å². The van der Waals surface area contributed by atoms with Crippen LogP contribution in [0, 0.1) is 11.7 Å². The van der Waals surface area contributed by atoms with E-state index < -0.39 is 6.04 Å². The summed E-state index contributed by atoms with van der Waals surface area (Å²) < 4.78 is 13.8. The summed E-state index contributed by atoms with van der Waals surface area (Å²) in [6.07, 6.45) is 0. The van der Waals surface area contributed by atoms with Gasteiger partial charge in [0.25, 0.3) is 0 Å². The molecule has 1 atom stereocenters. The summed E-state index contributed by atoms with van der Waals surface area (Å²) in [5, 5.41) is 0.445. The number of carbonyl (C=O) groups excluding carboxylic acids is 1. The number of hydrogen-bond donors (Lipinski definition) is 1. The van der Waals surface area contributed by atoms with Gasteiger partial charge in [-0.05, 0) is 18.1 Å². The van der Waals surface area contributed by atoms with Gasteiger partial charge in [0.05, 0.1) is 6.04 Å². The second-order valence-electron chi connectivity index (χ2n) is 6.07. The summed E-state index contributed by atoms with van der Waals surface area (Å²) in [5.74, 6) is -0.158. The number of carbonyl (C=O) groups is 1. The number of nitrogens with two attached hydrogens (primary N) is 1. The van der Waals surface area contributed by atoms with Gasteiger partial charge >= 0.3 is 0 Å². The summed E-state index contributed by atoms with van der Waals surface area (Å²) in [6, 6.07) is 4.27. The zero-order valence-electron chi connectivity index (χ0n) is 13.5. The predicted octanol–water partition coefficient (Wildman–Crippen LogP) is 2.53. The molecular formula is C16H24Cl2FN3O. The fourth-order valence-corrected chi connectivity index (χ4v) is 2.75. The number of rotatable bonds is 4. The molecule has 1 heterocycles. The smallest absolute Gasteiger partial charge is 0.239 e. The molecule has 1 fully saturated rings. The van der Waals surface area contributed by atoms with Crippen molar-refractivity contribution in [2.45, 2.75) is 26.4 Å². The molecule has 0 radical (unpaired) electrons. The maximum atomic E-state index is 13.8. The topological polar surface area (TPSA) is 49.6 Å². The molecular weight excluding hydrogens is 340 g/mol. The van der Waals surface area contributed by atoms with E-state index in [-0.39, 0.29) is 30.0 Å². The molecule has 0 aliphatic carbocycles. The third kappa shape index (κ3) is 5.05. The third-order valence-corrected chi connectivity index (χ3v) is 4.48. The maximum Gasteiger partial charge on any atom is 0.239 e. The Bertz CT molecular complexity index is 514. The van der Waals surface area contributed by atoms with Crippen molar-refractivity contribution in [3.05, 3.63) is 34.6 Å². The second-order valence-corrected chi connectivity index (χ2v) is 6.48. The average Bonchev–Trinajstić information content (AvgIpc) is 2.50. The molecule has 0 aromatic heterocycles. The highest BCUT2D eigenvalue weighted by Gasteiger charge is 2.27. The van der Waals surface area contributed by atoms with Crippen molar-refractivity contribution in [1.82, 2.24) is 9.80 Å². The number of benzene rings is 1. The zero-order valence-corrected chi connectivity index (χ0v) is 15.0. The Morgan fingerprint density at radius 1 is 1.30 bits per heavy atom. The Labute approximate surface area is 148 Å². The van der Waals surface area contributed by atoms with Crippen LogP contribution < -0.4 is 5.73 Å². The molecule has 0 bridgehead atoms. The van der Waals surface area contributed by atoms with Crippen molar-refractivity contribution >= 4 is 29.9 Å². The van der Waals surface area contributed by atoms with Gasteiger partial charge in [0, 0.05) is 43.3 Å². The van der Waals surface area contributed by atoms with E-state index in [1.165, 1.54) is 6.07 Å². The van der Waals surface area contributed by atoms with E-state index in [0.29, 0.717) is 43.3 Å². The number of amides is 1. The van der Waals surface area contributed by atoms with E-state index in [1.54, 1.807) is 17.0 Å². The molecule has 1 saturated heterocycles. The molecule has 1 amide bonds. The van der Waals surface area contributed by atoms with Crippen LogP contribution in [0.3, 0.4) is 0 Å². The Morgan fingerprint density at radius 3 is 2.43 bits per heavy atom. The van der Waals surface area contributed by atoms with E-state index in [4.69, 9.17) is 17.3 Å². The normalized spacial score (nSPS) is 17.0. The van der Waals surface area contributed by atoms with Gasteiger partial charge in [0.1, 0.15) is 5.82 Å². The molecule has 0 spiro atoms. The minimum Gasteiger partial charge on any atom is -0.339 e. The van der Waals surface area contributed by atoms with Gasteiger partial charge in [0.15, 0.2) is 0 Å². The largest absolute Gasteiger partial charge is 0.339 e. The minimum atomic E-state index is -0.451. The highest BCUT2D eigenvalue weighted by atomic mass is 35.5. The van der Waals surface area contributed by atoms with E-state index >= 15 is 0 Å². The number of halogens is 3. The molecule has 1 aliphatic heterocycles. The highest BCUT2D eigenvalue weighted by Crippen LogP contribution is 2.21. The number of hydrogen-bond acceptors (Lipinski definition) is 3. The summed E-state index contributed by atoms with van der Waals surface area (Å²) in [7, 11) is 0. The lowest BCUT2D eigenvalue weighted by atomic mass is 10.0. The molecule has 2 N–H and O–H groups in total. The van der Waals surface area contributed by atoms with Gasteiger partial charge in [-0.3, -0.25) is 9.69 Å². The van der Waals surface area contributed by atoms with E-state index in [0.717, 1.165) is 0 Å². The fourth-order valence-electron chi connectivity index (χ4n) is 2.53. The van der Waals surface area contributed by atoms with Crippen molar-refractivity contribution in [2.75, 3.05) is 26.2 Å². The lowest BCUT2D eigenvalue weighted by Crippen LogP contribution is -2.54. The van der Waals surface area contributed by atoms with Crippen LogP contribution in [-0.4, -0.2) is 47.9 Å². The molecule has 130 valence electrons. The molecule has 0 unspecified atom stereocenters. The molecule has 1 aliphatic rings. The number of piperazine rings is 1. The van der Waals surface area contributed by atoms with Crippen LogP contribution >= 0.6 is 24.0 Å². The first-order valence-corrected chi connectivity index (χ1v) is 7.97. The Balaban J connectivity index is 0.00000264. The van der Waals surface area contributed by atoms with Crippen LogP contribution in [0.25, 0.3) is 0 Å². The van der Waals surface area contributed by atoms with Crippen LogP contribution in [-0.2, 0) is 11.3 Å². The SMILES string of the molecule is CC(C)[C@H](N)C(=O)N1CCN(Cc2c(F)cccc2Cl)CC1.Cl. The summed E-state index contributed by atoms with van der Waals surface area (Å²) in [4.78, 5) is 16.1. The molecule has 23 heavy (non-hydrogen) atoms. The summed E-state index contributed by atoms with van der Waals surface area (Å²) >= 11 is 6.06. The highest BCUT2D eigenvalue weighted by molar-refractivity contribution is 6.31. The van der Waals surface area contributed by atoms with Crippen LogP contribution in [0.4, 0.5) is 4.39 Å². The molecule has 1 aromatic rings. The van der Waals surface area contributed by atoms with Crippen molar-refractivity contribution in [2.24, 2.45) is 11.7 Å². The van der Waals surface area contributed by atoms with Crippen molar-refractivity contribution < 1.29 is 9.18 Å². The first-order valence-electron chi connectivity index (χ1n) is 7.59. The Kier molecular flexibility index (Phi) is 7.74. The van der Waals surface area contributed by atoms with Gasteiger partial charge in [-0.15, -0.1) is 12.4 Å². The van der Waals surface area contributed by atoms with Gasteiger partial charge in [-0.25, -0.2) is 4.39 Å². The van der Waals surface area contributed by atoms with Gasteiger partial charge in [-0.2, -0.15) is 0 Å². The predicted molar refractivity (Wildman–Crippen MR) is 93.3 cm³/mol. The standard InChI is InChI=1S/C16H23ClFN3O.ClH/c1-11(2)15(19)16(22)21-8-6-20(7-9-21)10-12-13(17)4-3-5-14(12)18;/h3-5,11,15H,6-10,19H2,1-2H3;1H/t15-;/m0./s1. The van der Waals surface area contributed by atoms with Crippen molar-refractivity contribution in [3.8, 4) is 0 Å². The quantitative estimate of drug-likeness (QED) is 0.893. The van der Waals surface area contributed by atoms with Gasteiger partial charge in [-0.1, -0.05) is 31.5 Å². The van der Waals surface area contributed by atoms with Crippen LogP contribution in [0.1, 0.15) is 19.4 Å². The Hall–Kier alpha value is -0.880. The van der Waals surface area contributed by atoms with Gasteiger partial charge in [0.2, 0.25) is 5.91 Å². The molecule has 2 rings (SSSR count). The van der Waals surface area contributed by atoms with Crippen molar-refractivity contribution in [1.29, 1.82) is 0 Å². The summed E-state index contributed by atoms with van der Waals surface area (Å²) in [5.41, 5.74) is 6.43. The molecule has 0 saturated carbocycles. The van der Waals surface area contributed by atoms with Gasteiger partial charge < -0.3 is 10.6 Å². The van der Waals surface area contributed by atoms with E-state index in [1.807, 2.05) is 13.8 Å². The van der Waals surface area contributed by atoms with Crippen molar-refractivity contribution in [3.63, 3.8) is 0 Å². The maximum absolute atomic E-state index is 13.8.